The summed E-state index contributed by atoms with van der Waals surface area (Å²) in [6, 6.07) is 19.9. The maximum atomic E-state index is 14.6. The number of benzene rings is 3. The van der Waals surface area contributed by atoms with Gasteiger partial charge in [-0.2, -0.15) is 0 Å². The molecule has 0 spiro atoms. The van der Waals surface area contributed by atoms with Gasteiger partial charge in [-0.25, -0.2) is 12.8 Å². The van der Waals surface area contributed by atoms with E-state index >= 15 is 0 Å². The Balaban J connectivity index is 2.05. The van der Waals surface area contributed by atoms with E-state index in [0.29, 0.717) is 18.7 Å². The molecule has 0 bridgehead atoms. The van der Waals surface area contributed by atoms with Gasteiger partial charge in [0.1, 0.15) is 18.4 Å². The first-order valence-electron chi connectivity index (χ1n) is 13.0. The molecule has 2 amide bonds. The Kier molecular flexibility index (Phi) is 10.2. The molecule has 39 heavy (non-hydrogen) atoms. The minimum atomic E-state index is -4.15. The first kappa shape index (κ1) is 29.8. The second-order valence-corrected chi connectivity index (χ2v) is 11.6. The van der Waals surface area contributed by atoms with E-state index in [0.717, 1.165) is 9.87 Å². The highest BCUT2D eigenvalue weighted by atomic mass is 32.2. The summed E-state index contributed by atoms with van der Waals surface area (Å²) in [5.74, 6) is -1.36. The largest absolute Gasteiger partial charge is 0.354 e. The van der Waals surface area contributed by atoms with Crippen LogP contribution < -0.4 is 9.62 Å². The Hall–Kier alpha value is -3.72. The quantitative estimate of drug-likeness (QED) is 0.350. The van der Waals surface area contributed by atoms with Crippen LogP contribution in [-0.2, 0) is 32.6 Å². The third-order valence-electron chi connectivity index (χ3n) is 6.40. The molecule has 0 saturated heterocycles. The molecular formula is C30H36FN3O4S. The number of anilines is 1. The van der Waals surface area contributed by atoms with Crippen molar-refractivity contribution in [1.82, 2.24) is 10.2 Å². The first-order chi connectivity index (χ1) is 18.6. The fourth-order valence-electron chi connectivity index (χ4n) is 4.13. The van der Waals surface area contributed by atoms with Crippen molar-refractivity contribution in [3.63, 3.8) is 0 Å². The maximum Gasteiger partial charge on any atom is 0.264 e. The SMILES string of the molecule is CCc1ccccc1N(CC(=O)N(Cc1ccccc1F)[C@H](C)C(=O)NCC(C)C)S(=O)(=O)c1ccccc1. The molecule has 1 N–H and O–H groups in total. The number of hydrogen-bond donors (Lipinski definition) is 1. The van der Waals surface area contributed by atoms with Crippen LogP contribution in [0.4, 0.5) is 10.1 Å². The van der Waals surface area contributed by atoms with Crippen molar-refractivity contribution in [1.29, 1.82) is 0 Å². The predicted octanol–water partition coefficient (Wildman–Crippen LogP) is 4.77. The Morgan fingerprint density at radius 2 is 1.46 bits per heavy atom. The number of nitrogens with zero attached hydrogens (tertiary/aromatic N) is 2. The summed E-state index contributed by atoms with van der Waals surface area (Å²) in [7, 11) is -4.15. The van der Waals surface area contributed by atoms with Crippen molar-refractivity contribution in [3.8, 4) is 0 Å². The predicted molar refractivity (Wildman–Crippen MR) is 151 cm³/mol. The number of halogens is 1. The molecule has 3 rings (SSSR count). The summed E-state index contributed by atoms with van der Waals surface area (Å²) in [6.07, 6.45) is 0.540. The van der Waals surface area contributed by atoms with Gasteiger partial charge in [-0.15, -0.1) is 0 Å². The standard InChI is InChI=1S/C30H36FN3O4S/c1-5-24-13-10-12-18-28(24)34(39(37,38)26-15-7-6-8-16-26)21-29(35)33(20-25-14-9-11-17-27(25)31)23(4)30(36)32-19-22(2)3/h6-18,22-23H,5,19-21H2,1-4H3,(H,32,36)/t23-/m1/s1. The number of amides is 2. The molecule has 3 aromatic rings. The summed E-state index contributed by atoms with van der Waals surface area (Å²) >= 11 is 0. The molecule has 9 heteroatoms. The molecule has 0 aliphatic heterocycles. The molecule has 7 nitrogen and oxygen atoms in total. The topological polar surface area (TPSA) is 86.8 Å². The fourth-order valence-corrected chi connectivity index (χ4v) is 5.60. The molecule has 0 aromatic heterocycles. The summed E-state index contributed by atoms with van der Waals surface area (Å²) in [5.41, 5.74) is 1.34. The molecular weight excluding hydrogens is 517 g/mol. The van der Waals surface area contributed by atoms with E-state index in [4.69, 9.17) is 0 Å². The number of para-hydroxylation sites is 1. The van der Waals surface area contributed by atoms with E-state index in [-0.39, 0.29) is 22.9 Å². The minimum Gasteiger partial charge on any atom is -0.354 e. The molecule has 0 aliphatic rings. The van der Waals surface area contributed by atoms with Gasteiger partial charge in [0.15, 0.2) is 0 Å². The normalized spacial score (nSPS) is 12.2. The Morgan fingerprint density at radius 3 is 2.08 bits per heavy atom. The molecule has 0 fully saturated rings. The highest BCUT2D eigenvalue weighted by Crippen LogP contribution is 2.28. The Bertz CT molecular complexity index is 1380. The summed E-state index contributed by atoms with van der Waals surface area (Å²) < 4.78 is 43.4. The highest BCUT2D eigenvalue weighted by Gasteiger charge is 2.33. The minimum absolute atomic E-state index is 0.0343. The highest BCUT2D eigenvalue weighted by molar-refractivity contribution is 7.92. The third-order valence-corrected chi connectivity index (χ3v) is 8.18. The van der Waals surface area contributed by atoms with Gasteiger partial charge in [-0.05, 0) is 49.1 Å². The van der Waals surface area contributed by atoms with Gasteiger partial charge in [0, 0.05) is 18.7 Å². The molecule has 0 unspecified atom stereocenters. The Labute approximate surface area is 230 Å². The Morgan fingerprint density at radius 1 is 0.872 bits per heavy atom. The lowest BCUT2D eigenvalue weighted by atomic mass is 10.1. The lowest BCUT2D eigenvalue weighted by molar-refractivity contribution is -0.139. The van der Waals surface area contributed by atoms with E-state index < -0.39 is 40.2 Å². The van der Waals surface area contributed by atoms with Crippen molar-refractivity contribution in [2.75, 3.05) is 17.4 Å². The summed E-state index contributed by atoms with van der Waals surface area (Å²) in [5, 5.41) is 2.82. The average molecular weight is 554 g/mol. The number of carbonyl (C=O) groups excluding carboxylic acids is 2. The monoisotopic (exact) mass is 553 g/mol. The van der Waals surface area contributed by atoms with E-state index in [1.807, 2.05) is 32.9 Å². The number of carbonyl (C=O) groups is 2. The first-order valence-corrected chi connectivity index (χ1v) is 14.5. The number of sulfonamides is 1. The van der Waals surface area contributed by atoms with Gasteiger partial charge < -0.3 is 10.2 Å². The van der Waals surface area contributed by atoms with Crippen LogP contribution in [0.15, 0.2) is 83.8 Å². The second-order valence-electron chi connectivity index (χ2n) is 9.74. The van der Waals surface area contributed by atoms with Crippen molar-refractivity contribution in [3.05, 3.63) is 95.8 Å². The van der Waals surface area contributed by atoms with Gasteiger partial charge in [-0.1, -0.05) is 75.4 Å². The van der Waals surface area contributed by atoms with Gasteiger partial charge >= 0.3 is 0 Å². The van der Waals surface area contributed by atoms with E-state index in [2.05, 4.69) is 5.32 Å². The fraction of sp³-hybridized carbons (Fsp3) is 0.333. The van der Waals surface area contributed by atoms with Gasteiger partial charge in [-0.3, -0.25) is 13.9 Å². The zero-order valence-corrected chi connectivity index (χ0v) is 23.6. The van der Waals surface area contributed by atoms with Crippen molar-refractivity contribution in [2.24, 2.45) is 5.92 Å². The molecule has 0 radical (unpaired) electrons. The van der Waals surface area contributed by atoms with Crippen LogP contribution in [0.25, 0.3) is 0 Å². The smallest absolute Gasteiger partial charge is 0.264 e. The van der Waals surface area contributed by atoms with E-state index in [1.54, 1.807) is 55.5 Å². The summed E-state index contributed by atoms with van der Waals surface area (Å²) in [6.45, 7) is 7.00. The van der Waals surface area contributed by atoms with Crippen molar-refractivity contribution in [2.45, 2.75) is 51.6 Å². The molecule has 0 aliphatic carbocycles. The molecule has 0 heterocycles. The van der Waals surface area contributed by atoms with Crippen LogP contribution in [0.3, 0.4) is 0 Å². The van der Waals surface area contributed by atoms with E-state index in [9.17, 15) is 22.4 Å². The second kappa shape index (κ2) is 13.4. The summed E-state index contributed by atoms with van der Waals surface area (Å²) in [4.78, 5) is 28.2. The van der Waals surface area contributed by atoms with Gasteiger partial charge in [0.25, 0.3) is 10.0 Å². The zero-order valence-electron chi connectivity index (χ0n) is 22.8. The van der Waals surface area contributed by atoms with Crippen molar-refractivity contribution >= 4 is 27.5 Å². The number of rotatable bonds is 12. The number of hydrogen-bond acceptors (Lipinski definition) is 4. The number of nitrogens with one attached hydrogen (secondary N) is 1. The van der Waals surface area contributed by atoms with Crippen LogP contribution in [0, 0.1) is 11.7 Å². The van der Waals surface area contributed by atoms with Crippen LogP contribution in [0.5, 0.6) is 0 Å². The molecule has 1 atom stereocenters. The van der Waals surface area contributed by atoms with Crippen molar-refractivity contribution < 1.29 is 22.4 Å². The van der Waals surface area contributed by atoms with Gasteiger partial charge in [0.05, 0.1) is 10.6 Å². The maximum absolute atomic E-state index is 14.6. The van der Waals surface area contributed by atoms with Crippen LogP contribution in [0.1, 0.15) is 38.8 Å². The van der Waals surface area contributed by atoms with Gasteiger partial charge in [0.2, 0.25) is 11.8 Å². The zero-order chi connectivity index (χ0) is 28.6. The average Bonchev–Trinajstić information content (AvgIpc) is 2.94. The lowest BCUT2D eigenvalue weighted by Gasteiger charge is -2.32. The molecule has 208 valence electrons. The molecule has 3 aromatic carbocycles. The lowest BCUT2D eigenvalue weighted by Crippen LogP contribution is -2.51. The van der Waals surface area contributed by atoms with Crippen LogP contribution in [0.2, 0.25) is 0 Å². The van der Waals surface area contributed by atoms with Crippen LogP contribution in [-0.4, -0.2) is 44.3 Å². The third kappa shape index (κ3) is 7.44. The van der Waals surface area contributed by atoms with Crippen LogP contribution >= 0.6 is 0 Å². The van der Waals surface area contributed by atoms with E-state index in [1.165, 1.54) is 23.1 Å². The molecule has 0 saturated carbocycles. The number of aryl methyl sites for hydroxylation is 1.